The van der Waals surface area contributed by atoms with Crippen molar-refractivity contribution in [2.45, 2.75) is 50.7 Å². The molecular weight excluding hydrogens is 674 g/mol. The second kappa shape index (κ2) is 14.3. The molecule has 2 aliphatic heterocycles. The molecule has 4 heterocycles. The van der Waals surface area contributed by atoms with Gasteiger partial charge >= 0.3 is 17.3 Å². The van der Waals surface area contributed by atoms with Gasteiger partial charge in [-0.3, -0.25) is 19.2 Å². The number of halogens is 2. The lowest BCUT2D eigenvalue weighted by Gasteiger charge is -2.34. The van der Waals surface area contributed by atoms with Crippen LogP contribution in [0.2, 0.25) is 0 Å². The zero-order chi connectivity index (χ0) is 36.6. The minimum Gasteiger partial charge on any atom is -0.508 e. The third-order valence-electron chi connectivity index (χ3n) is 9.02. The Balaban J connectivity index is 1.02. The van der Waals surface area contributed by atoms with Gasteiger partial charge in [-0.05, 0) is 41.3 Å². The lowest BCUT2D eigenvalue weighted by atomic mass is 9.98. The normalized spacial score (nSPS) is 21.0. The molecule has 6 N–H and O–H groups in total. The number of aliphatic hydroxyl groups is 2. The number of hydrogen-bond acceptors (Lipinski definition) is 12. The van der Waals surface area contributed by atoms with E-state index in [2.05, 4.69) is 25.4 Å². The number of anilines is 1. The van der Waals surface area contributed by atoms with Gasteiger partial charge in [0.1, 0.15) is 23.4 Å². The minimum atomic E-state index is -3.85. The van der Waals surface area contributed by atoms with Gasteiger partial charge in [-0.2, -0.15) is 18.9 Å². The van der Waals surface area contributed by atoms with Crippen molar-refractivity contribution in [2.24, 2.45) is 0 Å². The number of phenols is 2. The summed E-state index contributed by atoms with van der Waals surface area (Å²) in [4.78, 5) is 45.7. The summed E-state index contributed by atoms with van der Waals surface area (Å²) in [6, 6.07) is 11.4. The van der Waals surface area contributed by atoms with Gasteiger partial charge in [-0.25, -0.2) is 19.3 Å². The number of aromatic nitrogens is 5. The number of nitrogens with one attached hydrogen (secondary N) is 2. The molecule has 0 bridgehead atoms. The highest BCUT2D eigenvalue weighted by Gasteiger charge is 2.59. The third-order valence-corrected chi connectivity index (χ3v) is 9.02. The van der Waals surface area contributed by atoms with Crippen molar-refractivity contribution in [3.8, 4) is 28.6 Å². The van der Waals surface area contributed by atoms with Crippen LogP contribution in [0.15, 0.2) is 58.3 Å². The molecule has 3 atom stereocenters. The molecule has 0 saturated carbocycles. The van der Waals surface area contributed by atoms with Crippen molar-refractivity contribution in [1.29, 1.82) is 0 Å². The van der Waals surface area contributed by atoms with Gasteiger partial charge in [0.05, 0.1) is 24.4 Å². The third kappa shape index (κ3) is 7.26. The molecule has 0 radical (unpaired) electrons. The molecular formula is C33H38F2N8O8. The van der Waals surface area contributed by atoms with Crippen LogP contribution in [0.3, 0.4) is 0 Å². The maximum Gasteiger partial charge on any atom is 0.351 e. The Morgan fingerprint density at radius 3 is 2.37 bits per heavy atom. The highest BCUT2D eigenvalue weighted by molar-refractivity contribution is 5.91. The minimum absolute atomic E-state index is 0.0124. The summed E-state index contributed by atoms with van der Waals surface area (Å²) < 4.78 is 35.7. The summed E-state index contributed by atoms with van der Waals surface area (Å²) >= 11 is 0. The molecule has 4 aromatic rings. The van der Waals surface area contributed by atoms with Crippen LogP contribution in [0.1, 0.15) is 37.1 Å². The van der Waals surface area contributed by atoms with Crippen LogP contribution in [0.4, 0.5) is 14.6 Å². The fourth-order valence-corrected chi connectivity index (χ4v) is 6.23. The number of aromatic hydroxyl groups is 2. The van der Waals surface area contributed by atoms with E-state index in [4.69, 9.17) is 4.74 Å². The Morgan fingerprint density at radius 1 is 1.06 bits per heavy atom. The largest absolute Gasteiger partial charge is 0.508 e. The van der Waals surface area contributed by atoms with Crippen LogP contribution in [-0.2, 0) is 16.1 Å². The van der Waals surface area contributed by atoms with Crippen LogP contribution in [0.5, 0.6) is 11.5 Å². The van der Waals surface area contributed by atoms with Gasteiger partial charge in [0.15, 0.2) is 11.9 Å². The smallest absolute Gasteiger partial charge is 0.351 e. The SMILES string of the molecule is CC(C)c1cc(-c2n[nH]c(=O)n2-c2ccc(CN3CCN(CC(=O)Nc4ccn([C@@H]5O[C@H](CO)[C@@H](O)C5(F)F)c(=O)n4)CC3)cc2)c(O)cc1O. The van der Waals surface area contributed by atoms with E-state index in [1.807, 2.05) is 30.9 Å². The Hall–Kier alpha value is -5.01. The first-order valence-corrected chi connectivity index (χ1v) is 16.3. The van der Waals surface area contributed by atoms with Gasteiger partial charge in [-0.15, -0.1) is 0 Å². The summed E-state index contributed by atoms with van der Waals surface area (Å²) in [5.74, 6) is -4.51. The number of rotatable bonds is 10. The molecule has 0 spiro atoms. The molecule has 18 heteroatoms. The number of amides is 1. The molecule has 0 unspecified atom stereocenters. The number of piperazine rings is 1. The number of nitrogens with zero attached hydrogens (tertiary/aromatic N) is 6. The average Bonchev–Trinajstić information content (AvgIpc) is 3.57. The average molecular weight is 713 g/mol. The van der Waals surface area contributed by atoms with Crippen LogP contribution < -0.4 is 16.7 Å². The van der Waals surface area contributed by atoms with Crippen molar-refractivity contribution in [2.75, 3.05) is 44.6 Å². The monoisotopic (exact) mass is 712 g/mol. The lowest BCUT2D eigenvalue weighted by molar-refractivity contribution is -0.141. The van der Waals surface area contributed by atoms with E-state index in [0.717, 1.165) is 11.8 Å². The van der Waals surface area contributed by atoms with Crippen molar-refractivity contribution in [3.63, 3.8) is 0 Å². The fourth-order valence-electron chi connectivity index (χ4n) is 6.23. The van der Waals surface area contributed by atoms with Gasteiger partial charge < -0.3 is 30.5 Å². The maximum absolute atomic E-state index is 14.4. The topological polar surface area (TPSA) is 211 Å². The highest BCUT2D eigenvalue weighted by atomic mass is 19.3. The van der Waals surface area contributed by atoms with Gasteiger partial charge in [0.2, 0.25) is 12.1 Å². The molecule has 51 heavy (non-hydrogen) atoms. The Kier molecular flexibility index (Phi) is 10.0. The Labute approximate surface area is 289 Å². The molecule has 6 rings (SSSR count). The number of aliphatic hydroxyl groups excluding tert-OH is 2. The van der Waals surface area contributed by atoms with E-state index in [1.165, 1.54) is 16.7 Å². The van der Waals surface area contributed by atoms with E-state index < -0.39 is 48.3 Å². The Morgan fingerprint density at radius 2 is 1.75 bits per heavy atom. The van der Waals surface area contributed by atoms with E-state index in [0.29, 0.717) is 54.1 Å². The number of ether oxygens (including phenoxy) is 1. The van der Waals surface area contributed by atoms with Gasteiger partial charge in [0.25, 0.3) is 0 Å². The molecule has 16 nitrogen and oxygen atoms in total. The second-order valence-corrected chi connectivity index (χ2v) is 12.9. The molecule has 272 valence electrons. The van der Waals surface area contributed by atoms with Crippen LogP contribution in [-0.4, -0.2) is 118 Å². The van der Waals surface area contributed by atoms with Crippen molar-refractivity contribution < 1.29 is 38.7 Å². The predicted octanol–water partition coefficient (Wildman–Crippen LogP) is 0.961. The quantitative estimate of drug-likeness (QED) is 0.136. The first kappa shape index (κ1) is 35.8. The number of hydrogen-bond donors (Lipinski definition) is 6. The molecule has 2 aromatic carbocycles. The van der Waals surface area contributed by atoms with Crippen molar-refractivity contribution in [1.82, 2.24) is 34.1 Å². The molecule has 2 aromatic heterocycles. The summed E-state index contributed by atoms with van der Waals surface area (Å²) in [7, 11) is 0. The van der Waals surface area contributed by atoms with Crippen LogP contribution in [0, 0.1) is 0 Å². The number of alkyl halides is 2. The predicted molar refractivity (Wildman–Crippen MR) is 178 cm³/mol. The zero-order valence-electron chi connectivity index (χ0n) is 27.7. The Bertz CT molecular complexity index is 2010. The van der Waals surface area contributed by atoms with Gasteiger partial charge in [-0.1, -0.05) is 26.0 Å². The number of phenolic OH excluding ortho intramolecular Hbond substituents is 2. The lowest BCUT2D eigenvalue weighted by Crippen LogP contribution is -2.48. The van der Waals surface area contributed by atoms with E-state index >= 15 is 0 Å². The summed E-state index contributed by atoms with van der Waals surface area (Å²) in [5.41, 5.74) is 0.813. The van der Waals surface area contributed by atoms with Crippen LogP contribution >= 0.6 is 0 Å². The number of carbonyl (C=O) groups is 1. The second-order valence-electron chi connectivity index (χ2n) is 12.9. The summed E-state index contributed by atoms with van der Waals surface area (Å²) in [6.45, 7) is 6.03. The number of aromatic amines is 1. The van der Waals surface area contributed by atoms with E-state index in [1.54, 1.807) is 18.2 Å². The molecule has 2 saturated heterocycles. The van der Waals surface area contributed by atoms with Crippen molar-refractivity contribution >= 4 is 11.7 Å². The zero-order valence-corrected chi connectivity index (χ0v) is 27.7. The summed E-state index contributed by atoms with van der Waals surface area (Å²) in [6.07, 6.45) is -5.06. The van der Waals surface area contributed by atoms with Crippen LogP contribution in [0.25, 0.3) is 17.1 Å². The molecule has 0 aliphatic carbocycles. The van der Waals surface area contributed by atoms with E-state index in [-0.39, 0.29) is 35.6 Å². The summed E-state index contributed by atoms with van der Waals surface area (Å²) in [5, 5.41) is 48.8. The number of H-pyrrole nitrogens is 1. The number of carbonyl (C=O) groups excluding carboxylic acids is 1. The van der Waals surface area contributed by atoms with Gasteiger partial charge in [0, 0.05) is 45.0 Å². The highest BCUT2D eigenvalue weighted by Crippen LogP contribution is 2.42. The number of benzene rings is 2. The molecule has 2 fully saturated rings. The maximum atomic E-state index is 14.4. The first-order chi connectivity index (χ1) is 24.3. The molecule has 1 amide bonds. The molecule has 2 aliphatic rings. The van der Waals surface area contributed by atoms with E-state index in [9.17, 15) is 43.6 Å². The van der Waals surface area contributed by atoms with Crippen molar-refractivity contribution in [3.05, 3.63) is 80.8 Å². The standard InChI is InChI=1S/C33H38F2N8O8/c1-18(2)21-13-22(24(46)14-23(21)45)29-38-39-32(50)43(29)20-5-3-19(4-6-20)15-40-9-11-41(12-10-40)16-27(47)36-26-7-8-42(31(49)37-26)30-33(34,35)28(48)25(17-44)51-30/h3-8,13-14,18,25,28,30,44-46,48H,9-12,15-17H2,1-2H3,(H,39,50)(H,36,37,47,49)/t25-,28-,30-/m1/s1. The first-order valence-electron chi connectivity index (χ1n) is 16.3. The fraction of sp³-hybridized carbons (Fsp3) is 0.424.